The van der Waals surface area contributed by atoms with E-state index in [-0.39, 0.29) is 11.5 Å². The molecule has 1 amide bonds. The highest BCUT2D eigenvalue weighted by atomic mass is 16.1. The molecule has 0 aromatic heterocycles. The fourth-order valence-electron chi connectivity index (χ4n) is 0.502. The van der Waals surface area contributed by atoms with Crippen molar-refractivity contribution < 1.29 is 4.79 Å². The Bertz CT molecular complexity index is 188. The summed E-state index contributed by atoms with van der Waals surface area (Å²) in [5.41, 5.74) is 0.168. The first kappa shape index (κ1) is 8.70. The van der Waals surface area contributed by atoms with Gasteiger partial charge in [0.2, 0.25) is 0 Å². The van der Waals surface area contributed by atoms with E-state index in [0.717, 1.165) is 0 Å². The Balaban J connectivity index is 4.08. The molecule has 0 spiro atoms. The number of nitrogens with zero attached hydrogens (tertiary/aromatic N) is 1. The molecule has 3 heteroatoms. The quantitative estimate of drug-likeness (QED) is 0.448. The number of hydrogen-bond donors (Lipinski definition) is 1. The summed E-state index contributed by atoms with van der Waals surface area (Å²) in [7, 11) is 0. The molecule has 3 nitrogen and oxygen atoms in total. The Hall–Kier alpha value is -1.30. The summed E-state index contributed by atoms with van der Waals surface area (Å²) in [6.45, 7) is 4.02. The molecule has 0 bridgehead atoms. The number of nitrogens with one attached hydrogen (secondary N) is 1. The van der Waals surface area contributed by atoms with Gasteiger partial charge in [0, 0.05) is 6.54 Å². The molecule has 10 heavy (non-hydrogen) atoms. The topological polar surface area (TPSA) is 52.9 Å². The van der Waals surface area contributed by atoms with Crippen molar-refractivity contribution in [3.8, 4) is 6.07 Å². The number of hydrogen-bond acceptors (Lipinski definition) is 2. The lowest BCUT2D eigenvalue weighted by Crippen LogP contribution is -2.23. The maximum Gasteiger partial charge on any atom is 0.261 e. The van der Waals surface area contributed by atoms with E-state index in [4.69, 9.17) is 5.26 Å². The second-order valence-electron chi connectivity index (χ2n) is 1.67. The van der Waals surface area contributed by atoms with E-state index >= 15 is 0 Å². The summed E-state index contributed by atoms with van der Waals surface area (Å²) in [6.07, 6.45) is 1.49. The van der Waals surface area contributed by atoms with Crippen LogP contribution in [0.2, 0.25) is 0 Å². The number of rotatable bonds is 2. The van der Waals surface area contributed by atoms with Gasteiger partial charge >= 0.3 is 0 Å². The van der Waals surface area contributed by atoms with E-state index in [9.17, 15) is 4.79 Å². The van der Waals surface area contributed by atoms with Crippen molar-refractivity contribution in [1.82, 2.24) is 5.32 Å². The zero-order valence-corrected chi connectivity index (χ0v) is 6.14. The maximum atomic E-state index is 10.8. The molecular formula is C7H10N2O. The van der Waals surface area contributed by atoms with Gasteiger partial charge in [-0.1, -0.05) is 6.08 Å². The van der Waals surface area contributed by atoms with Crippen molar-refractivity contribution in [3.05, 3.63) is 11.6 Å². The molecule has 0 aliphatic heterocycles. The monoisotopic (exact) mass is 138 g/mol. The number of allylic oxidation sites excluding steroid dienone is 1. The predicted molar refractivity (Wildman–Crippen MR) is 38.1 cm³/mol. The normalized spacial score (nSPS) is 10.3. The molecule has 0 aromatic carbocycles. The number of amides is 1. The average Bonchev–Trinajstić information content (AvgIpc) is 1.91. The largest absolute Gasteiger partial charge is 0.352 e. The van der Waals surface area contributed by atoms with E-state index in [1.54, 1.807) is 13.0 Å². The van der Waals surface area contributed by atoms with Crippen molar-refractivity contribution in [2.45, 2.75) is 13.8 Å². The summed E-state index contributed by atoms with van der Waals surface area (Å²) in [5.74, 6) is -0.299. The minimum Gasteiger partial charge on any atom is -0.352 e. The molecule has 0 saturated heterocycles. The molecule has 0 aliphatic carbocycles. The lowest BCUT2D eigenvalue weighted by Gasteiger charge is -1.96. The van der Waals surface area contributed by atoms with Crippen LogP contribution in [0, 0.1) is 11.3 Å². The van der Waals surface area contributed by atoms with Crippen LogP contribution in [-0.2, 0) is 4.79 Å². The third kappa shape index (κ3) is 2.31. The summed E-state index contributed by atoms with van der Waals surface area (Å²) >= 11 is 0. The van der Waals surface area contributed by atoms with E-state index in [1.165, 1.54) is 6.08 Å². The van der Waals surface area contributed by atoms with Crippen molar-refractivity contribution in [2.24, 2.45) is 0 Å². The Morgan fingerprint density at radius 1 is 1.80 bits per heavy atom. The van der Waals surface area contributed by atoms with Gasteiger partial charge in [-0.3, -0.25) is 4.79 Å². The van der Waals surface area contributed by atoms with Crippen LogP contribution in [0.1, 0.15) is 13.8 Å². The summed E-state index contributed by atoms with van der Waals surface area (Å²) in [5, 5.41) is 10.9. The van der Waals surface area contributed by atoms with Crippen LogP contribution < -0.4 is 5.32 Å². The average molecular weight is 138 g/mol. The second-order valence-corrected chi connectivity index (χ2v) is 1.67. The Kier molecular flexibility index (Phi) is 3.97. The third-order valence-electron chi connectivity index (χ3n) is 0.991. The Morgan fingerprint density at radius 3 is 2.70 bits per heavy atom. The van der Waals surface area contributed by atoms with Gasteiger partial charge in [0.15, 0.2) is 0 Å². The summed E-state index contributed by atoms with van der Waals surface area (Å²) in [4.78, 5) is 10.8. The van der Waals surface area contributed by atoms with Gasteiger partial charge in [0.1, 0.15) is 11.6 Å². The molecule has 0 fully saturated rings. The number of likely N-dealkylation sites (N-methyl/N-ethyl adjacent to an activating group) is 1. The summed E-state index contributed by atoms with van der Waals surface area (Å²) < 4.78 is 0. The van der Waals surface area contributed by atoms with Gasteiger partial charge in [0.25, 0.3) is 5.91 Å². The maximum absolute atomic E-state index is 10.8. The fourth-order valence-corrected chi connectivity index (χ4v) is 0.502. The molecule has 0 unspecified atom stereocenters. The van der Waals surface area contributed by atoms with Gasteiger partial charge in [-0.05, 0) is 13.8 Å². The zero-order chi connectivity index (χ0) is 7.98. The molecule has 0 aromatic rings. The minimum atomic E-state index is -0.299. The number of carbonyl (C=O) groups is 1. The van der Waals surface area contributed by atoms with Crippen LogP contribution in [-0.4, -0.2) is 12.5 Å². The van der Waals surface area contributed by atoms with Gasteiger partial charge in [-0.25, -0.2) is 0 Å². The highest BCUT2D eigenvalue weighted by Crippen LogP contribution is 1.89. The molecule has 1 N–H and O–H groups in total. The van der Waals surface area contributed by atoms with E-state index < -0.39 is 0 Å². The summed E-state index contributed by atoms with van der Waals surface area (Å²) in [6, 6.07) is 1.79. The smallest absolute Gasteiger partial charge is 0.261 e. The van der Waals surface area contributed by atoms with Crippen LogP contribution >= 0.6 is 0 Å². The zero-order valence-electron chi connectivity index (χ0n) is 6.14. The van der Waals surface area contributed by atoms with Crippen LogP contribution in [0.15, 0.2) is 11.6 Å². The Labute approximate surface area is 60.3 Å². The van der Waals surface area contributed by atoms with Crippen molar-refractivity contribution >= 4 is 5.91 Å². The first-order chi connectivity index (χ1) is 4.76. The molecule has 0 saturated carbocycles. The van der Waals surface area contributed by atoms with Crippen LogP contribution in [0.3, 0.4) is 0 Å². The van der Waals surface area contributed by atoms with Crippen molar-refractivity contribution in [3.63, 3.8) is 0 Å². The van der Waals surface area contributed by atoms with Crippen LogP contribution in [0.4, 0.5) is 0 Å². The molecule has 0 heterocycles. The van der Waals surface area contributed by atoms with Crippen LogP contribution in [0.25, 0.3) is 0 Å². The molecular weight excluding hydrogens is 128 g/mol. The van der Waals surface area contributed by atoms with Crippen molar-refractivity contribution in [2.75, 3.05) is 6.54 Å². The fraction of sp³-hybridized carbons (Fsp3) is 0.429. The van der Waals surface area contributed by atoms with Crippen LogP contribution in [0.5, 0.6) is 0 Å². The van der Waals surface area contributed by atoms with E-state index in [2.05, 4.69) is 5.32 Å². The van der Waals surface area contributed by atoms with Gasteiger partial charge in [-0.15, -0.1) is 0 Å². The lowest BCUT2D eigenvalue weighted by atomic mass is 10.2. The number of carbonyl (C=O) groups excluding carboxylic acids is 1. The van der Waals surface area contributed by atoms with Crippen molar-refractivity contribution in [1.29, 1.82) is 5.26 Å². The van der Waals surface area contributed by atoms with E-state index in [1.807, 2.05) is 6.92 Å². The van der Waals surface area contributed by atoms with Gasteiger partial charge in [0.05, 0.1) is 0 Å². The minimum absolute atomic E-state index is 0.168. The molecule has 0 atom stereocenters. The second kappa shape index (κ2) is 4.57. The first-order valence-electron chi connectivity index (χ1n) is 3.10. The third-order valence-corrected chi connectivity index (χ3v) is 0.991. The van der Waals surface area contributed by atoms with E-state index in [0.29, 0.717) is 6.54 Å². The Morgan fingerprint density at radius 2 is 2.40 bits per heavy atom. The SMILES string of the molecule is C/C=C(\C#N)C(=O)NCC. The van der Waals surface area contributed by atoms with Gasteiger partial charge in [-0.2, -0.15) is 5.26 Å². The predicted octanol–water partition coefficient (Wildman–Crippen LogP) is 0.592. The van der Waals surface area contributed by atoms with Gasteiger partial charge < -0.3 is 5.32 Å². The number of nitriles is 1. The molecule has 54 valence electrons. The first-order valence-corrected chi connectivity index (χ1v) is 3.10. The highest BCUT2D eigenvalue weighted by Gasteiger charge is 2.03. The molecule has 0 aliphatic rings. The highest BCUT2D eigenvalue weighted by molar-refractivity contribution is 5.96. The molecule has 0 radical (unpaired) electrons. The standard InChI is InChI=1S/C7H10N2O/c1-3-6(5-8)7(10)9-4-2/h3H,4H2,1-2H3,(H,9,10)/b6-3+. The lowest BCUT2D eigenvalue weighted by molar-refractivity contribution is -0.117. The molecule has 0 rings (SSSR count).